The van der Waals surface area contributed by atoms with Gasteiger partial charge < -0.3 is 0 Å². The standard InChI is InChI=1S/C16H14ClFN2S/c1-3-9-7-10(18)8-12-14(9)19-16(20-15(12)17)13-6-5-11(4-2)21-13/h5-8H,3-4H2,1-2H3. The molecule has 1 aromatic carbocycles. The maximum atomic E-state index is 13.6. The quantitative estimate of drug-likeness (QED) is 0.614. The summed E-state index contributed by atoms with van der Waals surface area (Å²) in [4.78, 5) is 11.2. The van der Waals surface area contributed by atoms with Crippen molar-refractivity contribution in [1.29, 1.82) is 0 Å². The summed E-state index contributed by atoms with van der Waals surface area (Å²) >= 11 is 7.90. The van der Waals surface area contributed by atoms with Gasteiger partial charge in [0.15, 0.2) is 5.82 Å². The van der Waals surface area contributed by atoms with Crippen molar-refractivity contribution in [3.8, 4) is 10.7 Å². The normalized spacial score (nSPS) is 11.2. The van der Waals surface area contributed by atoms with Crippen LogP contribution in [0.5, 0.6) is 0 Å². The fraction of sp³-hybridized carbons (Fsp3) is 0.250. The van der Waals surface area contributed by atoms with Gasteiger partial charge >= 0.3 is 0 Å². The topological polar surface area (TPSA) is 25.8 Å². The van der Waals surface area contributed by atoms with Crippen molar-refractivity contribution in [2.24, 2.45) is 0 Å². The Bertz CT molecular complexity index is 813. The molecule has 3 aromatic rings. The molecule has 0 amide bonds. The first-order valence-corrected chi connectivity index (χ1v) is 8.06. The maximum Gasteiger partial charge on any atom is 0.171 e. The molecule has 0 aliphatic rings. The molecule has 0 saturated heterocycles. The van der Waals surface area contributed by atoms with Gasteiger partial charge in [-0.2, -0.15) is 0 Å². The van der Waals surface area contributed by atoms with E-state index in [1.165, 1.54) is 17.0 Å². The second kappa shape index (κ2) is 5.70. The number of aryl methyl sites for hydroxylation is 2. The largest absolute Gasteiger partial charge is 0.227 e. The van der Waals surface area contributed by atoms with E-state index in [0.29, 0.717) is 22.8 Å². The van der Waals surface area contributed by atoms with Gasteiger partial charge in [-0.1, -0.05) is 25.4 Å². The molecule has 2 aromatic heterocycles. The minimum atomic E-state index is -0.304. The highest BCUT2D eigenvalue weighted by Gasteiger charge is 2.13. The van der Waals surface area contributed by atoms with Gasteiger partial charge in [-0.3, -0.25) is 0 Å². The van der Waals surface area contributed by atoms with Crippen molar-refractivity contribution in [3.63, 3.8) is 0 Å². The summed E-state index contributed by atoms with van der Waals surface area (Å²) in [5.74, 6) is 0.306. The van der Waals surface area contributed by atoms with Gasteiger partial charge in [0.05, 0.1) is 10.4 Å². The molecule has 108 valence electrons. The van der Waals surface area contributed by atoms with Crippen molar-refractivity contribution >= 4 is 33.8 Å². The van der Waals surface area contributed by atoms with Gasteiger partial charge in [0.2, 0.25) is 0 Å². The molecule has 2 heterocycles. The van der Waals surface area contributed by atoms with E-state index in [1.807, 2.05) is 13.0 Å². The molecule has 0 aliphatic carbocycles. The molecule has 5 heteroatoms. The van der Waals surface area contributed by atoms with Crippen molar-refractivity contribution in [2.45, 2.75) is 26.7 Å². The molecule has 2 nitrogen and oxygen atoms in total. The SMILES string of the molecule is CCc1ccc(-c2nc(Cl)c3cc(F)cc(CC)c3n2)s1. The smallest absolute Gasteiger partial charge is 0.171 e. The number of nitrogens with zero attached hydrogens (tertiary/aromatic N) is 2. The monoisotopic (exact) mass is 320 g/mol. The van der Waals surface area contributed by atoms with Crippen molar-refractivity contribution in [3.05, 3.63) is 45.7 Å². The Morgan fingerprint density at radius 2 is 1.95 bits per heavy atom. The van der Waals surface area contributed by atoms with E-state index in [9.17, 15) is 4.39 Å². The van der Waals surface area contributed by atoms with E-state index in [1.54, 1.807) is 11.3 Å². The number of hydrogen-bond acceptors (Lipinski definition) is 3. The summed E-state index contributed by atoms with van der Waals surface area (Å²) in [6.07, 6.45) is 1.68. The highest BCUT2D eigenvalue weighted by atomic mass is 35.5. The third kappa shape index (κ3) is 2.65. The van der Waals surface area contributed by atoms with E-state index in [2.05, 4.69) is 23.0 Å². The van der Waals surface area contributed by atoms with Crippen LogP contribution >= 0.6 is 22.9 Å². The molecule has 0 atom stereocenters. The highest BCUT2D eigenvalue weighted by Crippen LogP contribution is 2.31. The zero-order valence-electron chi connectivity index (χ0n) is 11.8. The van der Waals surface area contributed by atoms with E-state index in [-0.39, 0.29) is 5.82 Å². The number of hydrogen-bond donors (Lipinski definition) is 0. The Hall–Kier alpha value is -1.52. The Kier molecular flexibility index (Phi) is 3.91. The van der Waals surface area contributed by atoms with Crippen LogP contribution in [-0.2, 0) is 12.8 Å². The summed E-state index contributed by atoms with van der Waals surface area (Å²) in [7, 11) is 0. The second-order valence-electron chi connectivity index (χ2n) is 4.77. The molecule has 0 unspecified atom stereocenters. The molecular weight excluding hydrogens is 307 g/mol. The van der Waals surface area contributed by atoms with Crippen LogP contribution in [0.15, 0.2) is 24.3 Å². The van der Waals surface area contributed by atoms with Crippen LogP contribution in [-0.4, -0.2) is 9.97 Å². The van der Waals surface area contributed by atoms with Crippen molar-refractivity contribution in [2.75, 3.05) is 0 Å². The Balaban J connectivity index is 2.24. The molecule has 0 fully saturated rings. The third-order valence-corrected chi connectivity index (χ3v) is 4.92. The van der Waals surface area contributed by atoms with E-state index >= 15 is 0 Å². The van der Waals surface area contributed by atoms with Gasteiger partial charge in [0.25, 0.3) is 0 Å². The maximum absolute atomic E-state index is 13.6. The van der Waals surface area contributed by atoms with Gasteiger partial charge in [0.1, 0.15) is 11.0 Å². The molecule has 21 heavy (non-hydrogen) atoms. The van der Waals surface area contributed by atoms with Crippen LogP contribution in [0.1, 0.15) is 24.3 Å². The molecular formula is C16H14ClFN2S. The number of fused-ring (bicyclic) bond motifs is 1. The van der Waals surface area contributed by atoms with Crippen LogP contribution < -0.4 is 0 Å². The number of halogens is 2. The average Bonchev–Trinajstić information content (AvgIpc) is 2.96. The van der Waals surface area contributed by atoms with Gasteiger partial charge in [-0.05, 0) is 42.7 Å². The van der Waals surface area contributed by atoms with Crippen LogP contribution in [0, 0.1) is 5.82 Å². The summed E-state index contributed by atoms with van der Waals surface area (Å²) in [6.45, 7) is 4.09. The first-order chi connectivity index (χ1) is 10.1. The third-order valence-electron chi connectivity index (χ3n) is 3.41. The van der Waals surface area contributed by atoms with Crippen molar-refractivity contribution in [1.82, 2.24) is 9.97 Å². The number of thiophene rings is 1. The predicted molar refractivity (Wildman–Crippen MR) is 86.6 cm³/mol. The van der Waals surface area contributed by atoms with Gasteiger partial charge in [-0.15, -0.1) is 11.3 Å². The summed E-state index contributed by atoms with van der Waals surface area (Å²) in [5, 5.41) is 0.875. The average molecular weight is 321 g/mol. The van der Waals surface area contributed by atoms with Crippen LogP contribution in [0.2, 0.25) is 5.15 Å². The number of rotatable bonds is 3. The van der Waals surface area contributed by atoms with Crippen LogP contribution in [0.4, 0.5) is 4.39 Å². The van der Waals surface area contributed by atoms with E-state index in [4.69, 9.17) is 11.6 Å². The molecule has 0 radical (unpaired) electrons. The van der Waals surface area contributed by atoms with Crippen LogP contribution in [0.25, 0.3) is 21.6 Å². The Labute approximate surface area is 131 Å². The lowest BCUT2D eigenvalue weighted by atomic mass is 10.1. The summed E-state index contributed by atoms with van der Waals surface area (Å²) < 4.78 is 13.6. The highest BCUT2D eigenvalue weighted by molar-refractivity contribution is 7.15. The van der Waals surface area contributed by atoms with E-state index in [0.717, 1.165) is 22.4 Å². The first-order valence-electron chi connectivity index (χ1n) is 6.87. The molecule has 0 spiro atoms. The first kappa shape index (κ1) is 14.4. The molecule has 0 saturated carbocycles. The summed E-state index contributed by atoms with van der Waals surface area (Å²) in [5.41, 5.74) is 1.59. The fourth-order valence-electron chi connectivity index (χ4n) is 2.30. The van der Waals surface area contributed by atoms with E-state index < -0.39 is 0 Å². The number of benzene rings is 1. The second-order valence-corrected chi connectivity index (χ2v) is 6.30. The van der Waals surface area contributed by atoms with Crippen LogP contribution in [0.3, 0.4) is 0 Å². The van der Waals surface area contributed by atoms with Gasteiger partial charge in [0, 0.05) is 10.3 Å². The fourth-order valence-corrected chi connectivity index (χ4v) is 3.40. The molecule has 0 aliphatic heterocycles. The molecule has 0 N–H and O–H groups in total. The van der Waals surface area contributed by atoms with Crippen molar-refractivity contribution < 1.29 is 4.39 Å². The Morgan fingerprint density at radius 1 is 1.14 bits per heavy atom. The predicted octanol–water partition coefficient (Wildman–Crippen LogP) is 5.28. The molecule has 0 bridgehead atoms. The zero-order chi connectivity index (χ0) is 15.0. The van der Waals surface area contributed by atoms with Gasteiger partial charge in [-0.25, -0.2) is 14.4 Å². The lowest BCUT2D eigenvalue weighted by Crippen LogP contribution is -1.95. The summed E-state index contributed by atoms with van der Waals surface area (Å²) in [6, 6.07) is 7.00. The minimum Gasteiger partial charge on any atom is -0.227 e. The lowest BCUT2D eigenvalue weighted by molar-refractivity contribution is 0.627. The molecule has 3 rings (SSSR count). The minimum absolute atomic E-state index is 0.302. The lowest BCUT2D eigenvalue weighted by Gasteiger charge is -2.07. The Morgan fingerprint density at radius 3 is 2.62 bits per heavy atom. The zero-order valence-corrected chi connectivity index (χ0v) is 13.4. The number of aromatic nitrogens is 2.